The lowest BCUT2D eigenvalue weighted by Gasteiger charge is -2.01. The highest BCUT2D eigenvalue weighted by atomic mass is 16.1. The minimum Gasteiger partial charge on any atom is -0.334 e. The van der Waals surface area contributed by atoms with Crippen molar-refractivity contribution in [1.82, 2.24) is 9.55 Å². The molecular formula is C8H7N3O. The van der Waals surface area contributed by atoms with E-state index in [0.29, 0.717) is 0 Å². The molecule has 0 saturated carbocycles. The van der Waals surface area contributed by atoms with E-state index in [2.05, 4.69) is 4.98 Å². The molecule has 0 bridgehead atoms. The third-order valence-electron chi connectivity index (χ3n) is 2.09. The summed E-state index contributed by atoms with van der Waals surface area (Å²) < 4.78 is 1.87. The summed E-state index contributed by atoms with van der Waals surface area (Å²) in [5.74, 6) is 0. The smallest absolute Gasteiger partial charge is 0.290 e. The summed E-state index contributed by atoms with van der Waals surface area (Å²) >= 11 is 0. The average molecular weight is 161 g/mol. The molecule has 0 fully saturated rings. The van der Waals surface area contributed by atoms with Crippen LogP contribution in [-0.4, -0.2) is 9.55 Å². The van der Waals surface area contributed by atoms with Crippen molar-refractivity contribution in [3.8, 4) is 6.07 Å². The highest BCUT2D eigenvalue weighted by Gasteiger charge is 2.15. The molecule has 60 valence electrons. The first kappa shape index (κ1) is 7.04. The number of fused-ring (bicyclic) bond motifs is 1. The molecule has 4 heteroatoms. The molecule has 0 amide bonds. The fourth-order valence-electron chi connectivity index (χ4n) is 1.51. The Morgan fingerprint density at radius 3 is 3.25 bits per heavy atom. The Bertz CT molecular complexity index is 413. The van der Waals surface area contributed by atoms with Crippen molar-refractivity contribution in [2.45, 2.75) is 19.4 Å². The van der Waals surface area contributed by atoms with Crippen LogP contribution in [-0.2, 0) is 13.0 Å². The van der Waals surface area contributed by atoms with Crippen molar-refractivity contribution in [3.05, 3.63) is 27.9 Å². The quantitative estimate of drug-likeness (QED) is 0.540. The van der Waals surface area contributed by atoms with Crippen LogP contribution in [0, 0.1) is 11.3 Å². The summed E-state index contributed by atoms with van der Waals surface area (Å²) in [6.45, 7) is 0.872. The van der Waals surface area contributed by atoms with Crippen molar-refractivity contribution < 1.29 is 0 Å². The van der Waals surface area contributed by atoms with Crippen LogP contribution in [0.5, 0.6) is 0 Å². The van der Waals surface area contributed by atoms with E-state index in [1.54, 1.807) is 0 Å². The molecule has 0 radical (unpaired) electrons. The number of hydrogen-bond donors (Lipinski definition) is 0. The molecule has 1 aliphatic heterocycles. The van der Waals surface area contributed by atoms with Crippen LogP contribution in [0.3, 0.4) is 0 Å². The zero-order chi connectivity index (χ0) is 8.55. The van der Waals surface area contributed by atoms with Crippen LogP contribution in [0.25, 0.3) is 0 Å². The minimum atomic E-state index is -0.398. The topological polar surface area (TPSA) is 58.7 Å². The van der Waals surface area contributed by atoms with E-state index >= 15 is 0 Å². The predicted octanol–water partition coefficient (Wildman–Crippen LogP) is 0.0612. The molecule has 0 aromatic carbocycles. The van der Waals surface area contributed by atoms with Gasteiger partial charge in [-0.25, -0.2) is 0 Å². The summed E-state index contributed by atoms with van der Waals surface area (Å²) in [6, 6.07) is 1.90. The highest BCUT2D eigenvalue weighted by Crippen LogP contribution is 2.13. The second kappa shape index (κ2) is 2.45. The van der Waals surface area contributed by atoms with Gasteiger partial charge in [-0.3, -0.25) is 4.79 Å². The maximum Gasteiger partial charge on any atom is 0.290 e. The maximum atomic E-state index is 11.1. The Morgan fingerprint density at radius 2 is 2.50 bits per heavy atom. The van der Waals surface area contributed by atoms with E-state index in [9.17, 15) is 4.79 Å². The number of nitriles is 1. The summed E-state index contributed by atoms with van der Waals surface area (Å²) in [5, 5.41) is 8.68. The number of aryl methyl sites for hydroxylation is 1. The summed E-state index contributed by atoms with van der Waals surface area (Å²) in [4.78, 5) is 14.7. The number of nitrogens with zero attached hydrogens (tertiary/aromatic N) is 3. The van der Waals surface area contributed by atoms with Gasteiger partial charge in [-0.15, -0.1) is 0 Å². The average Bonchev–Trinajstić information content (AvgIpc) is 2.52. The standard InChI is InChI=1S/C8H7N3O/c9-4-6-7-2-1-3-11(7)5-10-8(6)12/h5H,1-3H2. The minimum absolute atomic E-state index is 0.218. The van der Waals surface area contributed by atoms with E-state index < -0.39 is 5.56 Å². The lowest BCUT2D eigenvalue weighted by atomic mass is 10.2. The van der Waals surface area contributed by atoms with E-state index in [4.69, 9.17) is 5.26 Å². The van der Waals surface area contributed by atoms with Gasteiger partial charge in [0, 0.05) is 12.2 Å². The molecule has 0 N–H and O–H groups in total. The number of rotatable bonds is 0. The third-order valence-corrected chi connectivity index (χ3v) is 2.09. The Labute approximate surface area is 69.1 Å². The second-order valence-corrected chi connectivity index (χ2v) is 2.78. The molecule has 0 aliphatic carbocycles. The van der Waals surface area contributed by atoms with Crippen LogP contribution < -0.4 is 5.56 Å². The fraction of sp³-hybridized carbons (Fsp3) is 0.375. The first-order valence-corrected chi connectivity index (χ1v) is 3.81. The SMILES string of the molecule is N#Cc1c2n(cnc1=O)CCC2. The Kier molecular flexibility index (Phi) is 1.44. The van der Waals surface area contributed by atoms with Gasteiger partial charge in [0.05, 0.1) is 6.33 Å². The van der Waals surface area contributed by atoms with Gasteiger partial charge in [0.1, 0.15) is 11.6 Å². The number of aromatic nitrogens is 2. The first-order chi connectivity index (χ1) is 5.83. The molecule has 0 atom stereocenters. The van der Waals surface area contributed by atoms with Crippen molar-refractivity contribution in [2.24, 2.45) is 0 Å². The first-order valence-electron chi connectivity index (χ1n) is 3.81. The van der Waals surface area contributed by atoms with E-state index in [0.717, 1.165) is 25.1 Å². The predicted molar refractivity (Wildman–Crippen MR) is 41.5 cm³/mol. The Hall–Kier alpha value is -1.63. The largest absolute Gasteiger partial charge is 0.334 e. The molecule has 0 spiro atoms. The van der Waals surface area contributed by atoms with Crippen LogP contribution in [0.4, 0.5) is 0 Å². The molecule has 12 heavy (non-hydrogen) atoms. The van der Waals surface area contributed by atoms with Crippen LogP contribution in [0.1, 0.15) is 17.7 Å². The monoisotopic (exact) mass is 161 g/mol. The summed E-state index contributed by atoms with van der Waals surface area (Å²) in [5.41, 5.74) is 0.665. The van der Waals surface area contributed by atoms with Crippen LogP contribution >= 0.6 is 0 Å². The van der Waals surface area contributed by atoms with E-state index in [1.165, 1.54) is 6.33 Å². The molecule has 1 aliphatic rings. The van der Waals surface area contributed by atoms with Gasteiger partial charge in [0.2, 0.25) is 0 Å². The molecule has 0 unspecified atom stereocenters. The van der Waals surface area contributed by atoms with Gasteiger partial charge < -0.3 is 4.57 Å². The zero-order valence-corrected chi connectivity index (χ0v) is 6.45. The molecule has 4 nitrogen and oxygen atoms in total. The van der Waals surface area contributed by atoms with Gasteiger partial charge >= 0.3 is 0 Å². The van der Waals surface area contributed by atoms with Crippen molar-refractivity contribution in [1.29, 1.82) is 5.26 Å². The van der Waals surface area contributed by atoms with Crippen molar-refractivity contribution in [2.75, 3.05) is 0 Å². The highest BCUT2D eigenvalue weighted by molar-refractivity contribution is 5.32. The van der Waals surface area contributed by atoms with Gasteiger partial charge in [0.15, 0.2) is 0 Å². The van der Waals surface area contributed by atoms with Crippen LogP contribution in [0.15, 0.2) is 11.1 Å². The van der Waals surface area contributed by atoms with E-state index in [-0.39, 0.29) is 5.56 Å². The zero-order valence-electron chi connectivity index (χ0n) is 6.45. The van der Waals surface area contributed by atoms with Gasteiger partial charge in [-0.1, -0.05) is 0 Å². The van der Waals surface area contributed by atoms with Crippen LogP contribution in [0.2, 0.25) is 0 Å². The normalized spacial score (nSPS) is 13.9. The maximum absolute atomic E-state index is 11.1. The summed E-state index contributed by atoms with van der Waals surface area (Å²) in [6.07, 6.45) is 3.34. The third kappa shape index (κ3) is 0.832. The lowest BCUT2D eigenvalue weighted by Crippen LogP contribution is -2.16. The molecule has 1 aromatic rings. The molecular weight excluding hydrogens is 154 g/mol. The number of hydrogen-bond acceptors (Lipinski definition) is 3. The fourth-order valence-corrected chi connectivity index (χ4v) is 1.51. The second-order valence-electron chi connectivity index (χ2n) is 2.78. The Balaban J connectivity index is 2.76. The van der Waals surface area contributed by atoms with Crippen molar-refractivity contribution in [3.63, 3.8) is 0 Å². The molecule has 2 rings (SSSR count). The lowest BCUT2D eigenvalue weighted by molar-refractivity contribution is 0.724. The van der Waals surface area contributed by atoms with E-state index in [1.807, 2.05) is 10.6 Å². The molecule has 2 heterocycles. The summed E-state index contributed by atoms with van der Waals surface area (Å²) in [7, 11) is 0. The molecule has 1 aromatic heterocycles. The van der Waals surface area contributed by atoms with Gasteiger partial charge in [-0.2, -0.15) is 10.2 Å². The van der Waals surface area contributed by atoms with Crippen molar-refractivity contribution >= 4 is 0 Å². The Morgan fingerprint density at radius 1 is 1.67 bits per heavy atom. The molecule has 0 saturated heterocycles. The van der Waals surface area contributed by atoms with Gasteiger partial charge in [-0.05, 0) is 12.8 Å². The van der Waals surface area contributed by atoms with Gasteiger partial charge in [0.25, 0.3) is 5.56 Å².